The molecular formula is C14H15F2N3O. The van der Waals surface area contributed by atoms with E-state index in [1.807, 2.05) is 0 Å². The second kappa shape index (κ2) is 5.66. The molecule has 1 N–H and O–H groups in total. The molecule has 20 heavy (non-hydrogen) atoms. The van der Waals surface area contributed by atoms with Gasteiger partial charge in [0.1, 0.15) is 11.6 Å². The highest BCUT2D eigenvalue weighted by Gasteiger charge is 2.16. The maximum atomic E-state index is 13.1. The van der Waals surface area contributed by atoms with Crippen molar-refractivity contribution in [3.05, 3.63) is 35.7 Å². The predicted molar refractivity (Wildman–Crippen MR) is 68.7 cm³/mol. The summed E-state index contributed by atoms with van der Waals surface area (Å²) in [7, 11) is 0. The standard InChI is InChI=1S/C14H15F2N3O/c15-10-5-9(6-11(16)7-10)14-18-13(20-19-14)8-17-12-3-1-2-4-12/h5-7,12,17H,1-4,8H2. The number of hydrogen-bond donors (Lipinski definition) is 1. The zero-order chi connectivity index (χ0) is 13.9. The quantitative estimate of drug-likeness (QED) is 0.934. The van der Waals surface area contributed by atoms with Gasteiger partial charge in [-0.05, 0) is 25.0 Å². The number of rotatable bonds is 4. The van der Waals surface area contributed by atoms with Crippen LogP contribution in [0, 0.1) is 11.6 Å². The van der Waals surface area contributed by atoms with Crippen LogP contribution in [0.2, 0.25) is 0 Å². The van der Waals surface area contributed by atoms with E-state index >= 15 is 0 Å². The zero-order valence-electron chi connectivity index (χ0n) is 10.9. The highest BCUT2D eigenvalue weighted by molar-refractivity contribution is 5.54. The fourth-order valence-corrected chi connectivity index (χ4v) is 2.49. The topological polar surface area (TPSA) is 51.0 Å². The summed E-state index contributed by atoms with van der Waals surface area (Å²) in [5.74, 6) is -0.686. The van der Waals surface area contributed by atoms with Crippen molar-refractivity contribution < 1.29 is 13.3 Å². The van der Waals surface area contributed by atoms with E-state index in [-0.39, 0.29) is 11.4 Å². The van der Waals surface area contributed by atoms with E-state index in [9.17, 15) is 8.78 Å². The predicted octanol–water partition coefficient (Wildman–Crippen LogP) is 3.05. The molecule has 0 radical (unpaired) electrons. The number of nitrogens with zero attached hydrogens (tertiary/aromatic N) is 2. The molecule has 0 unspecified atom stereocenters. The van der Waals surface area contributed by atoms with Gasteiger partial charge in [0, 0.05) is 17.7 Å². The molecule has 0 atom stereocenters. The van der Waals surface area contributed by atoms with Gasteiger partial charge in [-0.3, -0.25) is 0 Å². The molecule has 106 valence electrons. The SMILES string of the molecule is Fc1cc(F)cc(-c2noc(CNC3CCCC3)n2)c1. The Hall–Kier alpha value is -1.82. The van der Waals surface area contributed by atoms with E-state index < -0.39 is 11.6 Å². The number of hydrogen-bond acceptors (Lipinski definition) is 4. The molecule has 0 aliphatic heterocycles. The van der Waals surface area contributed by atoms with Gasteiger partial charge in [0.25, 0.3) is 0 Å². The Kier molecular flexibility index (Phi) is 3.73. The van der Waals surface area contributed by atoms with Gasteiger partial charge in [0.2, 0.25) is 11.7 Å². The average Bonchev–Trinajstić information content (AvgIpc) is 3.07. The first-order chi connectivity index (χ1) is 9.70. The fourth-order valence-electron chi connectivity index (χ4n) is 2.49. The smallest absolute Gasteiger partial charge is 0.240 e. The van der Waals surface area contributed by atoms with Crippen LogP contribution in [-0.4, -0.2) is 16.2 Å². The van der Waals surface area contributed by atoms with Crippen LogP contribution in [0.15, 0.2) is 22.7 Å². The molecule has 0 bridgehead atoms. The molecule has 1 aromatic carbocycles. The van der Waals surface area contributed by atoms with E-state index in [2.05, 4.69) is 15.5 Å². The van der Waals surface area contributed by atoms with Crippen molar-refractivity contribution >= 4 is 0 Å². The van der Waals surface area contributed by atoms with E-state index in [4.69, 9.17) is 4.52 Å². The third-order valence-corrected chi connectivity index (χ3v) is 3.49. The molecule has 0 amide bonds. The minimum Gasteiger partial charge on any atom is -0.338 e. The normalized spacial score (nSPS) is 15.9. The van der Waals surface area contributed by atoms with Gasteiger partial charge in [-0.25, -0.2) is 8.78 Å². The Morgan fingerprint density at radius 3 is 2.55 bits per heavy atom. The van der Waals surface area contributed by atoms with Gasteiger partial charge in [-0.1, -0.05) is 18.0 Å². The van der Waals surface area contributed by atoms with E-state index in [0.29, 0.717) is 18.5 Å². The second-order valence-electron chi connectivity index (χ2n) is 5.03. The van der Waals surface area contributed by atoms with Crippen LogP contribution >= 0.6 is 0 Å². The molecule has 2 aromatic rings. The van der Waals surface area contributed by atoms with Gasteiger partial charge < -0.3 is 9.84 Å². The molecule has 1 fully saturated rings. The lowest BCUT2D eigenvalue weighted by molar-refractivity contribution is 0.357. The van der Waals surface area contributed by atoms with E-state index in [1.165, 1.54) is 25.0 Å². The Balaban J connectivity index is 1.69. The third kappa shape index (κ3) is 3.01. The summed E-state index contributed by atoms with van der Waals surface area (Å²) in [6.45, 7) is 0.482. The molecule has 1 heterocycles. The van der Waals surface area contributed by atoms with Crippen LogP contribution in [0.3, 0.4) is 0 Å². The first-order valence-corrected chi connectivity index (χ1v) is 6.73. The number of aromatic nitrogens is 2. The van der Waals surface area contributed by atoms with Crippen LogP contribution in [0.5, 0.6) is 0 Å². The molecule has 1 saturated carbocycles. The summed E-state index contributed by atoms with van der Waals surface area (Å²) in [6.07, 6.45) is 4.82. The molecule has 4 nitrogen and oxygen atoms in total. The minimum absolute atomic E-state index is 0.201. The molecule has 1 aromatic heterocycles. The van der Waals surface area contributed by atoms with Gasteiger partial charge in [0.15, 0.2) is 0 Å². The van der Waals surface area contributed by atoms with Gasteiger partial charge in [-0.2, -0.15) is 4.98 Å². The van der Waals surface area contributed by atoms with Crippen molar-refractivity contribution in [3.8, 4) is 11.4 Å². The minimum atomic E-state index is -0.657. The summed E-state index contributed by atoms with van der Waals surface area (Å²) in [6, 6.07) is 3.67. The number of halogens is 2. The third-order valence-electron chi connectivity index (χ3n) is 3.49. The zero-order valence-corrected chi connectivity index (χ0v) is 10.9. The lowest BCUT2D eigenvalue weighted by atomic mass is 10.2. The molecule has 3 rings (SSSR count). The summed E-state index contributed by atoms with van der Waals surface area (Å²) >= 11 is 0. The van der Waals surface area contributed by atoms with Crippen molar-refractivity contribution in [3.63, 3.8) is 0 Å². The second-order valence-corrected chi connectivity index (χ2v) is 5.03. The van der Waals surface area contributed by atoms with Crippen LogP contribution in [-0.2, 0) is 6.54 Å². The van der Waals surface area contributed by atoms with E-state index in [1.54, 1.807) is 0 Å². The van der Waals surface area contributed by atoms with Crippen LogP contribution < -0.4 is 5.32 Å². The molecule has 1 aliphatic carbocycles. The van der Waals surface area contributed by atoms with Crippen molar-refractivity contribution in [2.75, 3.05) is 0 Å². The fraction of sp³-hybridized carbons (Fsp3) is 0.429. The van der Waals surface area contributed by atoms with Crippen LogP contribution in [0.1, 0.15) is 31.6 Å². The summed E-state index contributed by atoms with van der Waals surface area (Å²) in [5, 5.41) is 7.10. The average molecular weight is 279 g/mol. The maximum absolute atomic E-state index is 13.1. The Labute approximate surface area is 115 Å². The highest BCUT2D eigenvalue weighted by atomic mass is 19.1. The Bertz CT molecular complexity index is 574. The number of benzene rings is 1. The van der Waals surface area contributed by atoms with Crippen molar-refractivity contribution in [2.45, 2.75) is 38.3 Å². The summed E-state index contributed by atoms with van der Waals surface area (Å²) in [4.78, 5) is 4.15. The lowest BCUT2D eigenvalue weighted by Crippen LogP contribution is -2.25. The van der Waals surface area contributed by atoms with Crippen molar-refractivity contribution in [1.29, 1.82) is 0 Å². The Morgan fingerprint density at radius 2 is 1.85 bits per heavy atom. The maximum Gasteiger partial charge on any atom is 0.240 e. The first-order valence-electron chi connectivity index (χ1n) is 6.73. The monoisotopic (exact) mass is 279 g/mol. The van der Waals surface area contributed by atoms with Gasteiger partial charge in [0.05, 0.1) is 6.54 Å². The number of nitrogens with one attached hydrogen (secondary N) is 1. The Morgan fingerprint density at radius 1 is 1.15 bits per heavy atom. The molecule has 1 aliphatic rings. The van der Waals surface area contributed by atoms with E-state index in [0.717, 1.165) is 18.9 Å². The first kappa shape index (κ1) is 13.2. The van der Waals surface area contributed by atoms with Crippen LogP contribution in [0.25, 0.3) is 11.4 Å². The molecule has 0 spiro atoms. The molecule has 0 saturated heterocycles. The lowest BCUT2D eigenvalue weighted by Gasteiger charge is -2.08. The summed E-state index contributed by atoms with van der Waals surface area (Å²) in [5.41, 5.74) is 0.276. The van der Waals surface area contributed by atoms with Gasteiger partial charge >= 0.3 is 0 Å². The summed E-state index contributed by atoms with van der Waals surface area (Å²) < 4.78 is 31.4. The van der Waals surface area contributed by atoms with Crippen LogP contribution in [0.4, 0.5) is 8.78 Å². The van der Waals surface area contributed by atoms with Crippen molar-refractivity contribution in [2.24, 2.45) is 0 Å². The molecular weight excluding hydrogens is 264 g/mol. The largest absolute Gasteiger partial charge is 0.338 e. The highest BCUT2D eigenvalue weighted by Crippen LogP contribution is 2.20. The van der Waals surface area contributed by atoms with Crippen molar-refractivity contribution in [1.82, 2.24) is 15.5 Å². The van der Waals surface area contributed by atoms with Gasteiger partial charge in [-0.15, -0.1) is 0 Å². The molecule has 6 heteroatoms.